The molecule has 1 unspecified atom stereocenters. The van der Waals surface area contributed by atoms with Gasteiger partial charge in [-0.3, -0.25) is 4.90 Å². The maximum absolute atomic E-state index is 13.8. The Balaban J connectivity index is 1.37. The molecule has 6 heteroatoms. The highest BCUT2D eigenvalue weighted by atomic mass is 35.5. The Hall–Kier alpha value is -2.63. The van der Waals surface area contributed by atoms with Crippen molar-refractivity contribution in [1.82, 2.24) is 4.90 Å². The summed E-state index contributed by atoms with van der Waals surface area (Å²) in [5, 5.41) is 0.647. The quantitative estimate of drug-likeness (QED) is 0.449. The van der Waals surface area contributed by atoms with Gasteiger partial charge in [-0.25, -0.2) is 8.78 Å². The predicted octanol–water partition coefficient (Wildman–Crippen LogP) is 5.95. The summed E-state index contributed by atoms with van der Waals surface area (Å²) in [6.45, 7) is 4.43. The van der Waals surface area contributed by atoms with Crippen LogP contribution in [0.5, 0.6) is 5.75 Å². The standard InChI is InChI=1S/C25H25ClF2N2O/c26-20-4-10-24(11-5-20)31-25(19-2-1-3-22(28)18-19)12-13-29-14-16-30(17-15-29)23-8-6-21(27)7-9-23/h1-11,18,25H,12-17H2. The molecule has 162 valence electrons. The van der Waals surface area contributed by atoms with E-state index in [0.29, 0.717) is 10.8 Å². The van der Waals surface area contributed by atoms with Crippen LogP contribution in [-0.4, -0.2) is 37.6 Å². The van der Waals surface area contributed by atoms with E-state index >= 15 is 0 Å². The molecule has 0 aromatic heterocycles. The molecular formula is C25H25ClF2N2O. The summed E-state index contributed by atoms with van der Waals surface area (Å²) in [6.07, 6.45) is 0.481. The zero-order valence-electron chi connectivity index (χ0n) is 17.2. The van der Waals surface area contributed by atoms with E-state index in [9.17, 15) is 8.78 Å². The van der Waals surface area contributed by atoms with Gasteiger partial charge in [-0.2, -0.15) is 0 Å². The first-order chi connectivity index (χ1) is 15.1. The molecular weight excluding hydrogens is 418 g/mol. The van der Waals surface area contributed by atoms with Gasteiger partial charge in [0.25, 0.3) is 0 Å². The van der Waals surface area contributed by atoms with E-state index in [1.54, 1.807) is 18.2 Å². The third-order valence-corrected chi connectivity index (χ3v) is 5.84. The second-order valence-corrected chi connectivity index (χ2v) is 8.15. The number of anilines is 1. The number of hydrogen-bond donors (Lipinski definition) is 0. The van der Waals surface area contributed by atoms with Gasteiger partial charge in [-0.05, 0) is 66.2 Å². The maximum atomic E-state index is 13.8. The molecule has 3 aromatic carbocycles. The Labute approximate surface area is 186 Å². The van der Waals surface area contributed by atoms with E-state index < -0.39 is 0 Å². The fourth-order valence-electron chi connectivity index (χ4n) is 3.86. The summed E-state index contributed by atoms with van der Waals surface area (Å²) < 4.78 is 33.2. The van der Waals surface area contributed by atoms with E-state index in [1.165, 1.54) is 24.3 Å². The van der Waals surface area contributed by atoms with Crippen molar-refractivity contribution in [3.05, 3.63) is 95.0 Å². The first-order valence-corrected chi connectivity index (χ1v) is 10.9. The van der Waals surface area contributed by atoms with Crippen molar-refractivity contribution < 1.29 is 13.5 Å². The highest BCUT2D eigenvalue weighted by Gasteiger charge is 2.20. The lowest BCUT2D eigenvalue weighted by Gasteiger charge is -2.36. The molecule has 31 heavy (non-hydrogen) atoms. The van der Waals surface area contributed by atoms with Crippen LogP contribution in [0, 0.1) is 11.6 Å². The molecule has 0 bridgehead atoms. The van der Waals surface area contributed by atoms with E-state index in [4.69, 9.17) is 16.3 Å². The lowest BCUT2D eigenvalue weighted by atomic mass is 10.1. The molecule has 1 fully saturated rings. The second kappa shape index (κ2) is 10.1. The number of benzene rings is 3. The molecule has 0 saturated carbocycles. The smallest absolute Gasteiger partial charge is 0.125 e. The number of nitrogens with zero attached hydrogens (tertiary/aromatic N) is 2. The van der Waals surface area contributed by atoms with Crippen molar-refractivity contribution in [2.45, 2.75) is 12.5 Å². The summed E-state index contributed by atoms with van der Waals surface area (Å²) in [5.74, 6) is 0.223. The number of piperazine rings is 1. The van der Waals surface area contributed by atoms with Gasteiger partial charge in [0, 0.05) is 49.9 Å². The van der Waals surface area contributed by atoms with Crippen molar-refractivity contribution in [3.63, 3.8) is 0 Å². The monoisotopic (exact) mass is 442 g/mol. The second-order valence-electron chi connectivity index (χ2n) is 7.71. The third-order valence-electron chi connectivity index (χ3n) is 5.58. The van der Waals surface area contributed by atoms with Gasteiger partial charge in [0.2, 0.25) is 0 Å². The number of ether oxygens (including phenoxy) is 1. The highest BCUT2D eigenvalue weighted by molar-refractivity contribution is 6.30. The van der Waals surface area contributed by atoms with Crippen LogP contribution >= 0.6 is 11.6 Å². The third kappa shape index (κ3) is 5.96. The van der Waals surface area contributed by atoms with E-state index in [0.717, 1.165) is 50.4 Å². The summed E-state index contributed by atoms with van der Waals surface area (Å²) in [7, 11) is 0. The van der Waals surface area contributed by atoms with Crippen molar-refractivity contribution >= 4 is 17.3 Å². The van der Waals surface area contributed by atoms with Crippen LogP contribution in [0.25, 0.3) is 0 Å². The molecule has 1 aliphatic rings. The SMILES string of the molecule is Fc1ccc(N2CCN(CCC(Oc3ccc(Cl)cc3)c3cccc(F)c3)CC2)cc1. The van der Waals surface area contributed by atoms with Crippen LogP contribution in [0.4, 0.5) is 14.5 Å². The normalized spacial score (nSPS) is 15.6. The Bertz CT molecular complexity index is 974. The zero-order valence-corrected chi connectivity index (χ0v) is 17.9. The van der Waals surface area contributed by atoms with Gasteiger partial charge < -0.3 is 9.64 Å². The Morgan fingerprint density at radius 3 is 2.23 bits per heavy atom. The average molecular weight is 443 g/mol. The molecule has 1 heterocycles. The summed E-state index contributed by atoms with van der Waals surface area (Å²) in [4.78, 5) is 4.65. The fraction of sp³-hybridized carbons (Fsp3) is 0.280. The van der Waals surface area contributed by atoms with Crippen LogP contribution in [0.15, 0.2) is 72.8 Å². The maximum Gasteiger partial charge on any atom is 0.125 e. The van der Waals surface area contributed by atoms with Crippen LogP contribution in [0.1, 0.15) is 18.1 Å². The predicted molar refractivity (Wildman–Crippen MR) is 121 cm³/mol. The Morgan fingerprint density at radius 1 is 0.839 bits per heavy atom. The highest BCUT2D eigenvalue weighted by Crippen LogP contribution is 2.27. The van der Waals surface area contributed by atoms with Crippen LogP contribution in [-0.2, 0) is 0 Å². The van der Waals surface area contributed by atoms with Gasteiger partial charge >= 0.3 is 0 Å². The number of rotatable bonds is 7. The molecule has 3 aromatic rings. The van der Waals surface area contributed by atoms with Crippen molar-refractivity contribution in [2.75, 3.05) is 37.6 Å². The summed E-state index contributed by atoms with van der Waals surface area (Å²) in [5.41, 5.74) is 1.87. The zero-order chi connectivity index (χ0) is 21.6. The average Bonchev–Trinajstić information content (AvgIpc) is 2.79. The minimum absolute atomic E-state index is 0.216. The molecule has 1 aliphatic heterocycles. The minimum Gasteiger partial charge on any atom is -0.486 e. The minimum atomic E-state index is -0.268. The number of halogens is 3. The molecule has 0 radical (unpaired) electrons. The lowest BCUT2D eigenvalue weighted by Crippen LogP contribution is -2.46. The molecule has 1 saturated heterocycles. The molecule has 0 amide bonds. The van der Waals surface area contributed by atoms with Crippen LogP contribution in [0.2, 0.25) is 5.02 Å². The van der Waals surface area contributed by atoms with Gasteiger partial charge in [0.1, 0.15) is 23.5 Å². The van der Waals surface area contributed by atoms with Crippen LogP contribution in [0.3, 0.4) is 0 Å². The van der Waals surface area contributed by atoms with Crippen molar-refractivity contribution in [3.8, 4) is 5.75 Å². The Kier molecular flexibility index (Phi) is 7.05. The molecule has 0 N–H and O–H groups in total. The van der Waals surface area contributed by atoms with Gasteiger partial charge in [-0.15, -0.1) is 0 Å². The van der Waals surface area contributed by atoms with E-state index in [1.807, 2.05) is 30.3 Å². The topological polar surface area (TPSA) is 15.7 Å². The largest absolute Gasteiger partial charge is 0.486 e. The van der Waals surface area contributed by atoms with Gasteiger partial charge in [0.15, 0.2) is 0 Å². The molecule has 3 nitrogen and oxygen atoms in total. The number of hydrogen-bond acceptors (Lipinski definition) is 3. The summed E-state index contributed by atoms with van der Waals surface area (Å²) >= 11 is 5.98. The van der Waals surface area contributed by atoms with Crippen molar-refractivity contribution in [1.29, 1.82) is 0 Å². The molecule has 1 atom stereocenters. The first-order valence-electron chi connectivity index (χ1n) is 10.5. The first kappa shape index (κ1) is 21.6. The van der Waals surface area contributed by atoms with Gasteiger partial charge in [0.05, 0.1) is 0 Å². The lowest BCUT2D eigenvalue weighted by molar-refractivity contribution is 0.160. The van der Waals surface area contributed by atoms with Crippen molar-refractivity contribution in [2.24, 2.45) is 0 Å². The van der Waals surface area contributed by atoms with E-state index in [2.05, 4.69) is 9.80 Å². The van der Waals surface area contributed by atoms with Crippen LogP contribution < -0.4 is 9.64 Å². The Morgan fingerprint density at radius 2 is 1.55 bits per heavy atom. The fourth-order valence-corrected chi connectivity index (χ4v) is 3.99. The molecule has 0 spiro atoms. The molecule has 0 aliphatic carbocycles. The molecule has 4 rings (SSSR count). The summed E-state index contributed by atoms with van der Waals surface area (Å²) in [6, 6.07) is 20.5. The van der Waals surface area contributed by atoms with Gasteiger partial charge in [-0.1, -0.05) is 23.7 Å². The van der Waals surface area contributed by atoms with E-state index in [-0.39, 0.29) is 17.7 Å².